The third-order valence-corrected chi connectivity index (χ3v) is 7.13. The highest BCUT2D eigenvalue weighted by Crippen LogP contribution is 2.24. The number of rotatable bonds is 7. The van der Waals surface area contributed by atoms with Crippen molar-refractivity contribution in [3.63, 3.8) is 0 Å². The van der Waals surface area contributed by atoms with Gasteiger partial charge >= 0.3 is 19.1 Å². The Labute approximate surface area is 233 Å². The van der Waals surface area contributed by atoms with Crippen molar-refractivity contribution in [2.45, 2.75) is 32.2 Å². The topological polar surface area (TPSA) is 125 Å². The lowest BCUT2D eigenvalue weighted by Crippen LogP contribution is -2.29. The number of esters is 2. The molecule has 10 heteroatoms. The molecule has 2 heterocycles. The number of fused-ring (bicyclic) bond motifs is 1. The van der Waals surface area contributed by atoms with Gasteiger partial charge in [-0.3, -0.25) is 0 Å². The molecule has 0 radical (unpaired) electrons. The second-order valence-electron chi connectivity index (χ2n) is 9.75. The van der Waals surface area contributed by atoms with Gasteiger partial charge in [-0.05, 0) is 79.3 Å². The lowest BCUT2D eigenvalue weighted by molar-refractivity contribution is 0.0592. The van der Waals surface area contributed by atoms with E-state index in [9.17, 15) is 9.59 Å². The van der Waals surface area contributed by atoms with Crippen LogP contribution in [0.3, 0.4) is 0 Å². The van der Waals surface area contributed by atoms with Gasteiger partial charge in [0.15, 0.2) is 0 Å². The molecule has 1 atom stereocenters. The molecule has 0 spiro atoms. The highest BCUT2D eigenvalue weighted by molar-refractivity contribution is 6.58. The number of carbonyl (C=O) groups is 2. The number of benzene rings is 3. The molecule has 40 heavy (non-hydrogen) atoms. The number of H-pyrrole nitrogens is 1. The fourth-order valence-electron chi connectivity index (χ4n) is 4.76. The standard InChI is InChI=1S/C22H25N3O2.C8H9BO4/c1-15-4-3-12-25(15)13-11-21-23-19-10-9-18(14-20(19)24-21)16-5-7-17(8-6-16)22(26)27-2;1-13-8(10)6-2-4-7(5-3-6)9(11)12/h5-10,14-15H,3-4,11-13H2,1-2H3,(H,23,24);2-5,11-12H,1H3. The number of aromatic amines is 1. The van der Waals surface area contributed by atoms with E-state index in [1.165, 1.54) is 57.9 Å². The molecular weight excluding hydrogens is 509 g/mol. The van der Waals surface area contributed by atoms with Gasteiger partial charge in [-0.15, -0.1) is 0 Å². The molecule has 0 saturated carbocycles. The predicted octanol–water partition coefficient (Wildman–Crippen LogP) is 3.20. The van der Waals surface area contributed by atoms with E-state index < -0.39 is 13.1 Å². The molecule has 0 aliphatic carbocycles. The number of nitrogens with one attached hydrogen (secondary N) is 1. The number of hydrogen-bond acceptors (Lipinski definition) is 8. The van der Waals surface area contributed by atoms with Crippen LogP contribution in [-0.2, 0) is 15.9 Å². The lowest BCUT2D eigenvalue weighted by atomic mass is 9.80. The van der Waals surface area contributed by atoms with Crippen molar-refractivity contribution in [2.24, 2.45) is 0 Å². The van der Waals surface area contributed by atoms with Gasteiger partial charge in [-0.1, -0.05) is 30.3 Å². The molecule has 0 amide bonds. The van der Waals surface area contributed by atoms with Crippen molar-refractivity contribution < 1.29 is 29.1 Å². The molecule has 5 rings (SSSR count). The summed E-state index contributed by atoms with van der Waals surface area (Å²) in [6.45, 7) is 4.57. The number of hydrogen-bond donors (Lipinski definition) is 3. The van der Waals surface area contributed by atoms with E-state index >= 15 is 0 Å². The third-order valence-electron chi connectivity index (χ3n) is 7.13. The predicted molar refractivity (Wildman–Crippen MR) is 154 cm³/mol. The fraction of sp³-hybridized carbons (Fsp3) is 0.300. The van der Waals surface area contributed by atoms with Crippen LogP contribution in [0.4, 0.5) is 0 Å². The minimum atomic E-state index is -1.51. The second-order valence-corrected chi connectivity index (χ2v) is 9.75. The Morgan fingerprint density at radius 1 is 0.950 bits per heavy atom. The first-order valence-electron chi connectivity index (χ1n) is 13.2. The van der Waals surface area contributed by atoms with Crippen molar-refractivity contribution in [3.05, 3.63) is 83.7 Å². The maximum Gasteiger partial charge on any atom is 0.488 e. The van der Waals surface area contributed by atoms with Crippen molar-refractivity contribution in [1.29, 1.82) is 0 Å². The van der Waals surface area contributed by atoms with Gasteiger partial charge in [0.1, 0.15) is 5.82 Å². The molecule has 1 fully saturated rings. The van der Waals surface area contributed by atoms with Crippen LogP contribution in [0.2, 0.25) is 0 Å². The summed E-state index contributed by atoms with van der Waals surface area (Å²) in [6.07, 6.45) is 3.56. The molecule has 9 nitrogen and oxygen atoms in total. The van der Waals surface area contributed by atoms with Gasteiger partial charge in [-0.2, -0.15) is 0 Å². The van der Waals surface area contributed by atoms with Gasteiger partial charge < -0.3 is 29.4 Å². The van der Waals surface area contributed by atoms with Crippen LogP contribution < -0.4 is 5.46 Å². The van der Waals surface area contributed by atoms with Crippen LogP contribution in [0, 0.1) is 0 Å². The summed E-state index contributed by atoms with van der Waals surface area (Å²) in [6, 6.07) is 20.3. The summed E-state index contributed by atoms with van der Waals surface area (Å²) in [7, 11) is 1.17. The lowest BCUT2D eigenvalue weighted by Gasteiger charge is -2.19. The maximum absolute atomic E-state index is 11.6. The molecule has 1 saturated heterocycles. The summed E-state index contributed by atoms with van der Waals surface area (Å²) < 4.78 is 9.23. The molecule has 1 unspecified atom stereocenters. The minimum absolute atomic E-state index is 0.317. The van der Waals surface area contributed by atoms with E-state index in [2.05, 4.69) is 39.7 Å². The van der Waals surface area contributed by atoms with Crippen LogP contribution in [0.25, 0.3) is 22.2 Å². The van der Waals surface area contributed by atoms with Gasteiger partial charge in [0, 0.05) is 19.0 Å². The van der Waals surface area contributed by atoms with Crippen LogP contribution in [-0.4, -0.2) is 77.3 Å². The van der Waals surface area contributed by atoms with Gasteiger partial charge in [0.05, 0.1) is 36.4 Å². The Balaban J connectivity index is 0.000000240. The largest absolute Gasteiger partial charge is 0.488 e. The zero-order chi connectivity index (χ0) is 28.6. The average molecular weight is 543 g/mol. The zero-order valence-electron chi connectivity index (χ0n) is 23.0. The van der Waals surface area contributed by atoms with Crippen molar-refractivity contribution >= 4 is 35.6 Å². The quantitative estimate of drug-likeness (QED) is 0.240. The SMILES string of the molecule is COC(=O)c1ccc(-c2ccc3nc(CCN4CCCC4C)[nH]c3c2)cc1.COC(=O)c1ccc(B(O)O)cc1. The Bertz CT molecular complexity index is 1440. The van der Waals surface area contributed by atoms with Crippen molar-refractivity contribution in [1.82, 2.24) is 14.9 Å². The highest BCUT2D eigenvalue weighted by atomic mass is 16.5. The van der Waals surface area contributed by atoms with E-state index in [-0.39, 0.29) is 5.97 Å². The monoisotopic (exact) mass is 543 g/mol. The molecule has 3 N–H and O–H groups in total. The Hall–Kier alpha value is -3.99. The molecule has 1 aliphatic heterocycles. The van der Waals surface area contributed by atoms with Gasteiger partial charge in [0.25, 0.3) is 0 Å². The number of aromatic nitrogens is 2. The molecule has 208 valence electrons. The molecular formula is C30H34BN3O6. The van der Waals surface area contributed by atoms with Crippen molar-refractivity contribution in [2.75, 3.05) is 27.3 Å². The normalized spacial score (nSPS) is 14.9. The smallest absolute Gasteiger partial charge is 0.465 e. The van der Waals surface area contributed by atoms with E-state index in [1.807, 2.05) is 12.1 Å². The Morgan fingerprint density at radius 3 is 2.10 bits per heavy atom. The summed E-state index contributed by atoms with van der Waals surface area (Å²) in [5.74, 6) is 0.281. The molecule has 4 aromatic rings. The fourth-order valence-corrected chi connectivity index (χ4v) is 4.76. The first-order chi connectivity index (χ1) is 19.3. The molecule has 3 aromatic carbocycles. The van der Waals surface area contributed by atoms with Crippen LogP contribution in [0.5, 0.6) is 0 Å². The van der Waals surface area contributed by atoms with Crippen LogP contribution >= 0.6 is 0 Å². The summed E-state index contributed by atoms with van der Waals surface area (Å²) in [4.78, 5) is 33.3. The number of methoxy groups -OCH3 is 2. The van der Waals surface area contributed by atoms with Crippen LogP contribution in [0.1, 0.15) is 46.3 Å². The maximum atomic E-state index is 11.6. The van der Waals surface area contributed by atoms with Gasteiger partial charge in [0.2, 0.25) is 0 Å². The van der Waals surface area contributed by atoms with Crippen molar-refractivity contribution in [3.8, 4) is 11.1 Å². The third kappa shape index (κ3) is 7.15. The Kier molecular flexibility index (Phi) is 9.71. The zero-order valence-corrected chi connectivity index (χ0v) is 23.0. The minimum Gasteiger partial charge on any atom is -0.465 e. The molecule has 1 aliphatic rings. The Morgan fingerprint density at radius 2 is 1.55 bits per heavy atom. The summed E-state index contributed by atoms with van der Waals surface area (Å²) in [5.41, 5.74) is 5.49. The molecule has 1 aromatic heterocycles. The highest BCUT2D eigenvalue weighted by Gasteiger charge is 2.20. The van der Waals surface area contributed by atoms with Crippen LogP contribution in [0.15, 0.2) is 66.7 Å². The number of imidazole rings is 1. The van der Waals surface area contributed by atoms with E-state index in [0.717, 1.165) is 41.0 Å². The number of carbonyl (C=O) groups excluding carboxylic acids is 2. The number of likely N-dealkylation sites (tertiary alicyclic amines) is 1. The van der Waals surface area contributed by atoms with E-state index in [1.54, 1.807) is 12.1 Å². The first kappa shape index (κ1) is 29.0. The number of nitrogens with zero attached hydrogens (tertiary/aromatic N) is 2. The van der Waals surface area contributed by atoms with E-state index in [4.69, 9.17) is 19.8 Å². The number of ether oxygens (including phenoxy) is 2. The first-order valence-corrected chi connectivity index (χ1v) is 13.2. The second kappa shape index (κ2) is 13.4. The van der Waals surface area contributed by atoms with Gasteiger partial charge in [-0.25, -0.2) is 14.6 Å². The molecule has 0 bridgehead atoms. The average Bonchev–Trinajstić information content (AvgIpc) is 3.60. The summed E-state index contributed by atoms with van der Waals surface area (Å²) in [5, 5.41) is 17.5. The summed E-state index contributed by atoms with van der Waals surface area (Å²) >= 11 is 0. The van der Waals surface area contributed by atoms with E-state index in [0.29, 0.717) is 22.6 Å².